The van der Waals surface area contributed by atoms with Crippen molar-refractivity contribution < 1.29 is 5.11 Å². The van der Waals surface area contributed by atoms with Crippen LogP contribution in [0.25, 0.3) is 22.7 Å². The number of phenols is 1. The van der Waals surface area contributed by atoms with Crippen LogP contribution in [-0.2, 0) is 0 Å². The summed E-state index contributed by atoms with van der Waals surface area (Å²) in [6, 6.07) is 15.0. The van der Waals surface area contributed by atoms with E-state index in [2.05, 4.69) is 16.0 Å². The average molecular weight is 387 g/mol. The molecule has 0 radical (unpaired) electrons. The Kier molecular flexibility index (Phi) is 3.62. The summed E-state index contributed by atoms with van der Waals surface area (Å²) in [5, 5.41) is 18.9. The molecule has 0 spiro atoms. The zero-order valence-electron chi connectivity index (χ0n) is 10.8. The molecule has 4 nitrogen and oxygen atoms in total. The molecule has 3 aromatic rings. The Morgan fingerprint density at radius 3 is 2.81 bits per heavy atom. The molecular weight excluding hydrogens is 377 g/mol. The number of aromatic amines is 1. The van der Waals surface area contributed by atoms with Crippen LogP contribution in [0.2, 0.25) is 0 Å². The molecule has 0 aliphatic heterocycles. The number of aromatic nitrogens is 2. The largest absolute Gasteiger partial charge is 0.507 e. The third kappa shape index (κ3) is 2.76. The average Bonchev–Trinajstić information content (AvgIpc) is 2.92. The lowest BCUT2D eigenvalue weighted by Crippen LogP contribution is -1.85. The molecule has 0 fully saturated rings. The van der Waals surface area contributed by atoms with Crippen LogP contribution in [0.3, 0.4) is 0 Å². The molecule has 2 N–H and O–H groups in total. The lowest BCUT2D eigenvalue weighted by atomic mass is 10.1. The number of halogens is 1. The molecule has 1 aromatic heterocycles. The van der Waals surface area contributed by atoms with Crippen molar-refractivity contribution >= 4 is 45.3 Å². The summed E-state index contributed by atoms with van der Waals surface area (Å²) < 4.78 is 0.739. The molecule has 2 aromatic carbocycles. The van der Waals surface area contributed by atoms with Crippen molar-refractivity contribution in [2.45, 2.75) is 0 Å². The highest BCUT2D eigenvalue weighted by Crippen LogP contribution is 2.24. The van der Waals surface area contributed by atoms with E-state index in [9.17, 15) is 10.4 Å². The molecule has 0 saturated carbocycles. The van der Waals surface area contributed by atoms with Gasteiger partial charge in [-0.2, -0.15) is 5.26 Å². The van der Waals surface area contributed by atoms with Gasteiger partial charge in [0.05, 0.1) is 20.2 Å². The van der Waals surface area contributed by atoms with Crippen molar-refractivity contribution in [3.8, 4) is 11.8 Å². The number of nitrogens with one attached hydrogen (secondary N) is 1. The van der Waals surface area contributed by atoms with Crippen LogP contribution in [0.15, 0.2) is 42.5 Å². The minimum atomic E-state index is 0.231. The quantitative estimate of drug-likeness (QED) is 0.517. The summed E-state index contributed by atoms with van der Waals surface area (Å²) in [6.07, 6.45) is 1.75. The number of fused-ring (bicyclic) bond motifs is 1. The van der Waals surface area contributed by atoms with Crippen LogP contribution in [0.1, 0.15) is 11.4 Å². The van der Waals surface area contributed by atoms with E-state index in [1.807, 2.05) is 52.9 Å². The Bertz CT molecular complexity index is 857. The highest BCUT2D eigenvalue weighted by molar-refractivity contribution is 14.1. The minimum Gasteiger partial charge on any atom is -0.507 e. The van der Waals surface area contributed by atoms with E-state index in [1.54, 1.807) is 18.2 Å². The highest BCUT2D eigenvalue weighted by atomic mass is 127. The normalized spacial score (nSPS) is 11.5. The molecule has 0 saturated heterocycles. The van der Waals surface area contributed by atoms with Gasteiger partial charge in [-0.25, -0.2) is 4.98 Å². The molecule has 0 amide bonds. The van der Waals surface area contributed by atoms with Gasteiger partial charge in [0.2, 0.25) is 0 Å². The predicted octanol–water partition coefficient (Wildman–Crippen LogP) is 3.94. The lowest BCUT2D eigenvalue weighted by Gasteiger charge is -1.99. The van der Waals surface area contributed by atoms with Crippen LogP contribution in [0.5, 0.6) is 5.75 Å². The smallest absolute Gasteiger partial charge is 0.149 e. The lowest BCUT2D eigenvalue weighted by molar-refractivity contribution is 0.471. The maximum atomic E-state index is 9.54. The first-order chi connectivity index (χ1) is 10.2. The Morgan fingerprint density at radius 1 is 1.29 bits per heavy atom. The van der Waals surface area contributed by atoms with Gasteiger partial charge >= 0.3 is 0 Å². The van der Waals surface area contributed by atoms with Crippen molar-refractivity contribution in [1.82, 2.24) is 9.97 Å². The number of para-hydroxylation sites is 2. The second kappa shape index (κ2) is 5.58. The van der Waals surface area contributed by atoms with Crippen molar-refractivity contribution in [3.05, 3.63) is 57.4 Å². The topological polar surface area (TPSA) is 72.7 Å². The number of allylic oxidation sites excluding steroid dienone is 1. The number of hydrogen-bond donors (Lipinski definition) is 2. The number of phenolic OH excluding ortho intramolecular Hbond substituents is 1. The van der Waals surface area contributed by atoms with Crippen LogP contribution < -0.4 is 0 Å². The SMILES string of the molecule is N#C/C(=C/c1ccc(O)c(I)c1)c1nc2ccccc2[nH]1. The molecule has 0 bridgehead atoms. The van der Waals surface area contributed by atoms with Crippen molar-refractivity contribution in [2.75, 3.05) is 0 Å². The summed E-state index contributed by atoms with van der Waals surface area (Å²) in [5.41, 5.74) is 3.02. The fourth-order valence-electron chi connectivity index (χ4n) is 2.01. The van der Waals surface area contributed by atoms with Crippen molar-refractivity contribution in [1.29, 1.82) is 5.26 Å². The molecule has 21 heavy (non-hydrogen) atoms. The van der Waals surface area contributed by atoms with E-state index in [0.717, 1.165) is 20.2 Å². The highest BCUT2D eigenvalue weighted by Gasteiger charge is 2.08. The first-order valence-electron chi connectivity index (χ1n) is 6.23. The molecular formula is C16H10IN3O. The Hall–Kier alpha value is -2.33. The van der Waals surface area contributed by atoms with Gasteiger partial charge in [-0.15, -0.1) is 0 Å². The van der Waals surface area contributed by atoms with Crippen LogP contribution >= 0.6 is 22.6 Å². The Morgan fingerprint density at radius 2 is 2.10 bits per heavy atom. The molecule has 3 rings (SSSR count). The molecule has 0 unspecified atom stereocenters. The van der Waals surface area contributed by atoms with E-state index in [0.29, 0.717) is 11.4 Å². The Balaban J connectivity index is 2.06. The molecule has 102 valence electrons. The maximum absolute atomic E-state index is 9.54. The van der Waals surface area contributed by atoms with Crippen molar-refractivity contribution in [2.24, 2.45) is 0 Å². The van der Waals surface area contributed by atoms with Crippen molar-refractivity contribution in [3.63, 3.8) is 0 Å². The van der Waals surface area contributed by atoms with Crippen LogP contribution in [0, 0.1) is 14.9 Å². The van der Waals surface area contributed by atoms with Gasteiger partial charge < -0.3 is 10.1 Å². The van der Waals surface area contributed by atoms with Gasteiger partial charge in [0, 0.05) is 0 Å². The van der Waals surface area contributed by atoms with Gasteiger partial charge in [0.1, 0.15) is 17.6 Å². The van der Waals surface area contributed by atoms with E-state index in [4.69, 9.17) is 0 Å². The summed E-state index contributed by atoms with van der Waals surface area (Å²) in [6.45, 7) is 0. The first kappa shape index (κ1) is 13.6. The monoisotopic (exact) mass is 387 g/mol. The third-order valence-corrected chi connectivity index (χ3v) is 3.91. The van der Waals surface area contributed by atoms with Gasteiger partial charge in [-0.3, -0.25) is 0 Å². The first-order valence-corrected chi connectivity index (χ1v) is 7.30. The zero-order valence-corrected chi connectivity index (χ0v) is 13.0. The fourth-order valence-corrected chi connectivity index (χ4v) is 2.55. The predicted molar refractivity (Wildman–Crippen MR) is 90.4 cm³/mol. The van der Waals surface area contributed by atoms with E-state index in [1.165, 1.54) is 0 Å². The van der Waals surface area contributed by atoms with Crippen LogP contribution in [-0.4, -0.2) is 15.1 Å². The number of H-pyrrole nitrogens is 1. The molecule has 1 heterocycles. The molecule has 0 aliphatic carbocycles. The molecule has 0 atom stereocenters. The summed E-state index contributed by atoms with van der Waals surface area (Å²) in [4.78, 5) is 7.56. The number of benzene rings is 2. The zero-order chi connectivity index (χ0) is 14.8. The number of nitrogens with zero attached hydrogens (tertiary/aromatic N) is 2. The number of hydrogen-bond acceptors (Lipinski definition) is 3. The minimum absolute atomic E-state index is 0.231. The van der Waals surface area contributed by atoms with E-state index < -0.39 is 0 Å². The van der Waals surface area contributed by atoms with E-state index in [-0.39, 0.29) is 5.75 Å². The second-order valence-electron chi connectivity index (χ2n) is 4.48. The standard InChI is InChI=1S/C16H10IN3O/c17-12-8-10(5-6-15(12)21)7-11(9-18)16-19-13-3-1-2-4-14(13)20-16/h1-8,21H,(H,19,20)/b11-7-. The Labute approximate surface area is 134 Å². The number of rotatable bonds is 2. The summed E-state index contributed by atoms with van der Waals surface area (Å²) in [7, 11) is 0. The molecule has 5 heteroatoms. The maximum Gasteiger partial charge on any atom is 0.149 e. The number of aromatic hydroxyl groups is 1. The summed E-state index contributed by atoms with van der Waals surface area (Å²) in [5.74, 6) is 0.775. The van der Waals surface area contributed by atoms with Gasteiger partial charge in [0.25, 0.3) is 0 Å². The third-order valence-electron chi connectivity index (χ3n) is 3.05. The van der Waals surface area contributed by atoms with Crippen LogP contribution in [0.4, 0.5) is 0 Å². The second-order valence-corrected chi connectivity index (χ2v) is 5.65. The fraction of sp³-hybridized carbons (Fsp3) is 0. The molecule has 0 aliphatic rings. The number of imidazole rings is 1. The summed E-state index contributed by atoms with van der Waals surface area (Å²) >= 11 is 2.05. The van der Waals surface area contributed by atoms with Gasteiger partial charge in [-0.05, 0) is 58.5 Å². The number of nitriles is 1. The van der Waals surface area contributed by atoms with Gasteiger partial charge in [-0.1, -0.05) is 18.2 Å². The van der Waals surface area contributed by atoms with E-state index >= 15 is 0 Å². The van der Waals surface area contributed by atoms with Gasteiger partial charge in [0.15, 0.2) is 0 Å².